The normalized spacial score (nSPS) is 32.6. The number of hydrogen-bond acceptors (Lipinski definition) is 3. The lowest BCUT2D eigenvalue weighted by atomic mass is 9.73. The van der Waals surface area contributed by atoms with Crippen LogP contribution in [-0.2, 0) is 0 Å². The molecule has 2 rings (SSSR count). The highest BCUT2D eigenvalue weighted by Crippen LogP contribution is 2.39. The van der Waals surface area contributed by atoms with Crippen LogP contribution >= 0.6 is 0 Å². The van der Waals surface area contributed by atoms with E-state index in [1.165, 1.54) is 38.6 Å². The van der Waals surface area contributed by atoms with Crippen molar-refractivity contribution < 1.29 is 0 Å². The lowest BCUT2D eigenvalue weighted by Gasteiger charge is -2.52. The highest BCUT2D eigenvalue weighted by Gasteiger charge is 2.42. The maximum absolute atomic E-state index is 5.79. The molecule has 0 radical (unpaired) electrons. The van der Waals surface area contributed by atoms with E-state index in [1.54, 1.807) is 0 Å². The van der Waals surface area contributed by atoms with Crippen LogP contribution < -0.4 is 5.73 Å². The third kappa shape index (κ3) is 2.01. The first-order valence-corrected chi connectivity index (χ1v) is 6.67. The van der Waals surface area contributed by atoms with Gasteiger partial charge in [-0.25, -0.2) is 0 Å². The fraction of sp³-hybridized carbons (Fsp3) is 1.00. The van der Waals surface area contributed by atoms with Crippen LogP contribution in [-0.4, -0.2) is 55.6 Å². The summed E-state index contributed by atoms with van der Waals surface area (Å²) >= 11 is 0. The zero-order valence-electron chi connectivity index (χ0n) is 11.1. The molecule has 0 aromatic rings. The minimum atomic E-state index is 0.462. The molecule has 0 saturated heterocycles. The van der Waals surface area contributed by atoms with E-state index in [9.17, 15) is 0 Å². The van der Waals surface area contributed by atoms with Crippen LogP contribution in [0.4, 0.5) is 0 Å². The van der Waals surface area contributed by atoms with Crippen molar-refractivity contribution in [1.82, 2.24) is 9.80 Å². The molecule has 0 heterocycles. The summed E-state index contributed by atoms with van der Waals surface area (Å²) < 4.78 is 0. The average molecular weight is 225 g/mol. The summed E-state index contributed by atoms with van der Waals surface area (Å²) in [5.41, 5.74) is 6.26. The predicted molar refractivity (Wildman–Crippen MR) is 68.5 cm³/mol. The smallest absolute Gasteiger partial charge is 0.0330 e. The van der Waals surface area contributed by atoms with Crippen LogP contribution in [0, 0.1) is 5.92 Å². The first kappa shape index (κ1) is 12.3. The van der Waals surface area contributed by atoms with Gasteiger partial charge in [0.1, 0.15) is 0 Å². The first-order valence-electron chi connectivity index (χ1n) is 6.67. The highest BCUT2D eigenvalue weighted by atomic mass is 15.2. The Morgan fingerprint density at radius 2 is 1.88 bits per heavy atom. The average Bonchev–Trinajstić information content (AvgIpc) is 2.09. The van der Waals surface area contributed by atoms with Gasteiger partial charge in [-0.3, -0.25) is 0 Å². The molecule has 2 N–H and O–H groups in total. The van der Waals surface area contributed by atoms with Gasteiger partial charge in [-0.05, 0) is 65.7 Å². The topological polar surface area (TPSA) is 32.5 Å². The van der Waals surface area contributed by atoms with Gasteiger partial charge in [0.15, 0.2) is 0 Å². The van der Waals surface area contributed by atoms with E-state index >= 15 is 0 Å². The van der Waals surface area contributed by atoms with E-state index in [0.29, 0.717) is 5.54 Å². The van der Waals surface area contributed by atoms with E-state index in [-0.39, 0.29) is 0 Å². The molecule has 2 saturated carbocycles. The Hall–Kier alpha value is -0.120. The minimum Gasteiger partial charge on any atom is -0.330 e. The van der Waals surface area contributed by atoms with Gasteiger partial charge in [0.25, 0.3) is 0 Å². The van der Waals surface area contributed by atoms with E-state index < -0.39 is 0 Å². The van der Waals surface area contributed by atoms with E-state index in [1.807, 2.05) is 0 Å². The van der Waals surface area contributed by atoms with Crippen LogP contribution in [0.3, 0.4) is 0 Å². The molecule has 2 aliphatic rings. The Labute approximate surface area is 100.0 Å². The monoisotopic (exact) mass is 225 g/mol. The molecule has 3 heteroatoms. The van der Waals surface area contributed by atoms with Crippen molar-refractivity contribution in [3.63, 3.8) is 0 Å². The maximum Gasteiger partial charge on any atom is 0.0330 e. The van der Waals surface area contributed by atoms with Crippen molar-refractivity contribution in [1.29, 1.82) is 0 Å². The van der Waals surface area contributed by atoms with Crippen LogP contribution in [0.2, 0.25) is 0 Å². The van der Waals surface area contributed by atoms with Crippen molar-refractivity contribution >= 4 is 0 Å². The van der Waals surface area contributed by atoms with Gasteiger partial charge in [0, 0.05) is 18.1 Å². The van der Waals surface area contributed by atoms with E-state index in [0.717, 1.165) is 18.5 Å². The lowest BCUT2D eigenvalue weighted by Crippen LogP contribution is -2.60. The molecule has 3 nitrogen and oxygen atoms in total. The molecule has 0 aliphatic heterocycles. The van der Waals surface area contributed by atoms with Gasteiger partial charge in [0.05, 0.1) is 0 Å². The summed E-state index contributed by atoms with van der Waals surface area (Å²) in [5.74, 6) is 0.754. The van der Waals surface area contributed by atoms with Gasteiger partial charge in [0.2, 0.25) is 0 Å². The van der Waals surface area contributed by atoms with Crippen LogP contribution in [0.15, 0.2) is 0 Å². The second kappa shape index (κ2) is 4.63. The standard InChI is InChI=1S/C13H27N3/c1-15(2)13(7-4-8-13)10-16(3)12-6-5-11(12)9-14/h11-12H,4-10,14H2,1-3H3. The van der Waals surface area contributed by atoms with Crippen molar-refractivity contribution in [3.05, 3.63) is 0 Å². The fourth-order valence-electron chi connectivity index (χ4n) is 3.32. The van der Waals surface area contributed by atoms with Crippen molar-refractivity contribution in [2.24, 2.45) is 11.7 Å². The molecule has 2 atom stereocenters. The minimum absolute atomic E-state index is 0.462. The molecule has 0 spiro atoms. The second-order valence-corrected chi connectivity index (χ2v) is 6.03. The Balaban J connectivity index is 1.88. The van der Waals surface area contributed by atoms with Gasteiger partial charge in [-0.2, -0.15) is 0 Å². The number of hydrogen-bond donors (Lipinski definition) is 1. The summed E-state index contributed by atoms with van der Waals surface area (Å²) in [6, 6.07) is 0.752. The molecule has 0 bridgehead atoms. The summed E-state index contributed by atoms with van der Waals surface area (Å²) in [5, 5.41) is 0. The maximum atomic E-state index is 5.79. The molecular formula is C13H27N3. The van der Waals surface area contributed by atoms with Crippen molar-refractivity contribution in [2.45, 2.75) is 43.7 Å². The van der Waals surface area contributed by atoms with Crippen LogP contribution in [0.1, 0.15) is 32.1 Å². The quantitative estimate of drug-likeness (QED) is 0.761. The number of rotatable bonds is 5. The predicted octanol–water partition coefficient (Wildman–Crippen LogP) is 1.14. The molecule has 2 fully saturated rings. The molecule has 2 aliphatic carbocycles. The lowest BCUT2D eigenvalue weighted by molar-refractivity contribution is -0.0112. The Bertz CT molecular complexity index is 233. The molecule has 0 amide bonds. The summed E-state index contributed by atoms with van der Waals surface area (Å²) in [4.78, 5) is 5.00. The van der Waals surface area contributed by atoms with E-state index in [2.05, 4.69) is 30.9 Å². The summed E-state index contributed by atoms with van der Waals surface area (Å²) in [7, 11) is 6.75. The Morgan fingerprint density at radius 3 is 2.19 bits per heavy atom. The molecule has 0 aromatic carbocycles. The molecule has 16 heavy (non-hydrogen) atoms. The largest absolute Gasteiger partial charge is 0.330 e. The summed E-state index contributed by atoms with van der Waals surface area (Å²) in [6.07, 6.45) is 6.81. The first-order chi connectivity index (χ1) is 7.59. The number of nitrogens with two attached hydrogens (primary N) is 1. The van der Waals surface area contributed by atoms with Crippen molar-refractivity contribution in [2.75, 3.05) is 34.2 Å². The highest BCUT2D eigenvalue weighted by molar-refractivity contribution is 5.00. The van der Waals surface area contributed by atoms with Gasteiger partial charge in [-0.15, -0.1) is 0 Å². The number of nitrogens with zero attached hydrogens (tertiary/aromatic N) is 2. The summed E-state index contributed by atoms with van der Waals surface area (Å²) in [6.45, 7) is 2.09. The third-order valence-electron chi connectivity index (χ3n) is 5.02. The van der Waals surface area contributed by atoms with Gasteiger partial charge >= 0.3 is 0 Å². The van der Waals surface area contributed by atoms with Crippen LogP contribution in [0.5, 0.6) is 0 Å². The number of likely N-dealkylation sites (N-methyl/N-ethyl adjacent to an activating group) is 2. The molecule has 94 valence electrons. The van der Waals surface area contributed by atoms with Gasteiger partial charge in [-0.1, -0.05) is 0 Å². The zero-order valence-corrected chi connectivity index (χ0v) is 11.1. The third-order valence-corrected chi connectivity index (χ3v) is 5.02. The van der Waals surface area contributed by atoms with Crippen LogP contribution in [0.25, 0.3) is 0 Å². The zero-order chi connectivity index (χ0) is 11.8. The van der Waals surface area contributed by atoms with Crippen molar-refractivity contribution in [3.8, 4) is 0 Å². The molecular weight excluding hydrogens is 198 g/mol. The fourth-order valence-corrected chi connectivity index (χ4v) is 3.32. The Morgan fingerprint density at radius 1 is 1.19 bits per heavy atom. The second-order valence-electron chi connectivity index (χ2n) is 6.03. The van der Waals surface area contributed by atoms with E-state index in [4.69, 9.17) is 5.73 Å². The molecule has 0 aromatic heterocycles. The Kier molecular flexibility index (Phi) is 3.57. The molecule has 2 unspecified atom stereocenters. The van der Waals surface area contributed by atoms with Gasteiger partial charge < -0.3 is 15.5 Å². The SMILES string of the molecule is CN(CC1(N(C)C)CCC1)C1CCC1CN.